The van der Waals surface area contributed by atoms with Crippen LogP contribution in [0.4, 0.5) is 26.3 Å². The number of hydrogen-bond donors (Lipinski definition) is 1. The lowest BCUT2D eigenvalue weighted by molar-refractivity contribution is -0.0505. The van der Waals surface area contributed by atoms with Crippen LogP contribution in [-0.2, 0) is 0 Å². The van der Waals surface area contributed by atoms with Crippen LogP contribution < -0.4 is 14.2 Å². The lowest BCUT2D eigenvalue weighted by Crippen LogP contribution is -2.01. The van der Waals surface area contributed by atoms with Gasteiger partial charge in [0.2, 0.25) is 0 Å². The van der Waals surface area contributed by atoms with E-state index in [0.29, 0.717) is 28.0 Å². The molecule has 0 fully saturated rings. The van der Waals surface area contributed by atoms with E-state index in [9.17, 15) is 31.4 Å². The highest BCUT2D eigenvalue weighted by Crippen LogP contribution is 2.17. The lowest BCUT2D eigenvalue weighted by atomic mass is 10.1. The second kappa shape index (κ2) is 17.5. The monoisotopic (exact) mass is 610 g/mol. The van der Waals surface area contributed by atoms with E-state index in [2.05, 4.69) is 33.2 Å². The first-order chi connectivity index (χ1) is 21.2. The molecular formula is C34H24F6O4. The first-order valence-corrected chi connectivity index (χ1v) is 12.8. The Morgan fingerprint density at radius 3 is 1.57 bits per heavy atom. The average molecular weight is 611 g/mol. The van der Waals surface area contributed by atoms with Crippen molar-refractivity contribution >= 4 is 0 Å². The molecule has 0 atom stereocenters. The Bertz CT molecular complexity index is 1630. The topological polar surface area (TPSA) is 47.9 Å². The van der Waals surface area contributed by atoms with Gasteiger partial charge in [0.05, 0.1) is 6.61 Å². The van der Waals surface area contributed by atoms with Crippen LogP contribution in [0.25, 0.3) is 0 Å². The molecule has 0 saturated heterocycles. The predicted molar refractivity (Wildman–Crippen MR) is 153 cm³/mol. The highest BCUT2D eigenvalue weighted by molar-refractivity contribution is 5.47. The molecule has 0 aliphatic carbocycles. The molecule has 0 heterocycles. The third-order valence-electron chi connectivity index (χ3n) is 5.23. The Hall–Kier alpha value is -5.48. The fraction of sp³-hybridized carbons (Fsp3) is 0.118. The molecule has 10 heteroatoms. The molecule has 0 saturated carbocycles. The number of benzene rings is 4. The number of halogens is 6. The third kappa shape index (κ3) is 13.0. The molecule has 0 unspecified atom stereocenters. The van der Waals surface area contributed by atoms with E-state index in [1.54, 1.807) is 72.8 Å². The quantitative estimate of drug-likeness (QED) is 0.123. The predicted octanol–water partition coefficient (Wildman–Crippen LogP) is 8.63. The van der Waals surface area contributed by atoms with E-state index >= 15 is 0 Å². The maximum absolute atomic E-state index is 12.1. The molecule has 0 aliphatic rings. The molecule has 44 heavy (non-hydrogen) atoms. The molecule has 0 aliphatic heterocycles. The molecule has 4 aromatic rings. The molecule has 226 valence electrons. The Labute approximate surface area is 250 Å². The van der Waals surface area contributed by atoms with Crippen LogP contribution in [0.15, 0.2) is 109 Å². The number of phenols is 1. The van der Waals surface area contributed by atoms with Crippen molar-refractivity contribution < 1.29 is 45.7 Å². The summed E-state index contributed by atoms with van der Waals surface area (Å²) in [6, 6.07) is 25.5. The van der Waals surface area contributed by atoms with Crippen molar-refractivity contribution in [1.82, 2.24) is 0 Å². The summed E-state index contributed by atoms with van der Waals surface area (Å²) in [6.45, 7) is -5.56. The number of phenolic OH excluding ortho intramolecular Hbond substituents is 1. The molecule has 0 amide bonds. The van der Waals surface area contributed by atoms with Crippen molar-refractivity contribution in [3.63, 3.8) is 0 Å². The highest BCUT2D eigenvalue weighted by Gasteiger charge is 2.04. The molecule has 4 aromatic carbocycles. The fourth-order valence-corrected chi connectivity index (χ4v) is 3.32. The van der Waals surface area contributed by atoms with E-state index in [-0.39, 0.29) is 30.3 Å². The summed E-state index contributed by atoms with van der Waals surface area (Å²) in [5.74, 6) is 12.4. The van der Waals surface area contributed by atoms with Crippen LogP contribution in [0.5, 0.6) is 23.0 Å². The van der Waals surface area contributed by atoms with Gasteiger partial charge in [-0.15, -0.1) is 0 Å². The highest BCUT2D eigenvalue weighted by atomic mass is 19.3. The van der Waals surface area contributed by atoms with Crippen molar-refractivity contribution in [1.29, 1.82) is 0 Å². The zero-order chi connectivity index (χ0) is 31.7. The lowest BCUT2D eigenvalue weighted by Gasteiger charge is -2.04. The van der Waals surface area contributed by atoms with Crippen molar-refractivity contribution in [3.8, 4) is 46.7 Å². The Morgan fingerprint density at radius 2 is 1.09 bits per heavy atom. The summed E-state index contributed by atoms with van der Waals surface area (Å²) in [7, 11) is 0. The van der Waals surface area contributed by atoms with Crippen molar-refractivity contribution in [2.24, 2.45) is 0 Å². The van der Waals surface area contributed by atoms with E-state index < -0.39 is 19.3 Å². The molecule has 0 bridgehead atoms. The van der Waals surface area contributed by atoms with Crippen LogP contribution in [0.2, 0.25) is 0 Å². The van der Waals surface area contributed by atoms with Crippen LogP contribution in [-0.4, -0.2) is 24.9 Å². The van der Waals surface area contributed by atoms with E-state index in [4.69, 9.17) is 4.74 Å². The van der Waals surface area contributed by atoms with Gasteiger partial charge in [0, 0.05) is 28.7 Å². The Kier molecular flexibility index (Phi) is 13.1. The van der Waals surface area contributed by atoms with Gasteiger partial charge in [-0.2, -0.15) is 26.3 Å². The summed E-state index contributed by atoms with van der Waals surface area (Å²) < 4.78 is 85.8. The molecule has 0 spiro atoms. The SMILES string of the molecule is FC(F)=CCCOc1cccc(C#Cc2ccc(OC(F)F)cc2)c1.Oc1cccc(C#Cc2ccc(OC(F)F)cc2)c1. The average Bonchev–Trinajstić information content (AvgIpc) is 2.99. The summed E-state index contributed by atoms with van der Waals surface area (Å²) in [6.07, 6.45) is -0.815. The van der Waals surface area contributed by atoms with Crippen molar-refractivity contribution in [2.45, 2.75) is 19.6 Å². The number of alkyl halides is 4. The zero-order valence-electron chi connectivity index (χ0n) is 22.8. The van der Waals surface area contributed by atoms with Crippen LogP contribution in [0.1, 0.15) is 28.7 Å². The van der Waals surface area contributed by atoms with E-state index in [0.717, 1.165) is 6.08 Å². The first kappa shape index (κ1) is 33.0. The maximum atomic E-state index is 12.1. The van der Waals surface area contributed by atoms with Gasteiger partial charge in [-0.25, -0.2) is 0 Å². The number of rotatable bonds is 8. The second-order valence-corrected chi connectivity index (χ2v) is 8.51. The Balaban J connectivity index is 0.000000249. The number of aromatic hydroxyl groups is 1. The van der Waals surface area contributed by atoms with Gasteiger partial charge in [0.1, 0.15) is 23.0 Å². The smallest absolute Gasteiger partial charge is 0.387 e. The molecule has 0 aromatic heterocycles. The van der Waals surface area contributed by atoms with Gasteiger partial charge in [0.25, 0.3) is 6.08 Å². The molecule has 4 rings (SSSR count). The van der Waals surface area contributed by atoms with Gasteiger partial charge in [-0.3, -0.25) is 0 Å². The normalized spacial score (nSPS) is 9.91. The van der Waals surface area contributed by atoms with Gasteiger partial charge < -0.3 is 19.3 Å². The van der Waals surface area contributed by atoms with Crippen LogP contribution >= 0.6 is 0 Å². The largest absolute Gasteiger partial charge is 0.508 e. The minimum absolute atomic E-state index is 0.0645. The zero-order valence-corrected chi connectivity index (χ0v) is 22.8. The van der Waals surface area contributed by atoms with Gasteiger partial charge >= 0.3 is 13.2 Å². The summed E-state index contributed by atoms with van der Waals surface area (Å²) in [5, 5.41) is 9.28. The summed E-state index contributed by atoms with van der Waals surface area (Å²) in [5.41, 5.74) is 2.66. The van der Waals surface area contributed by atoms with Crippen LogP contribution in [0.3, 0.4) is 0 Å². The fourth-order valence-electron chi connectivity index (χ4n) is 3.32. The van der Waals surface area contributed by atoms with E-state index in [1.807, 2.05) is 0 Å². The minimum atomic E-state index is -2.86. The van der Waals surface area contributed by atoms with Gasteiger partial charge in [-0.05, 0) is 91.0 Å². The molecular weight excluding hydrogens is 586 g/mol. The minimum Gasteiger partial charge on any atom is -0.508 e. The van der Waals surface area contributed by atoms with Gasteiger partial charge in [0.15, 0.2) is 0 Å². The molecule has 1 N–H and O–H groups in total. The third-order valence-corrected chi connectivity index (χ3v) is 5.23. The van der Waals surface area contributed by atoms with Crippen molar-refractivity contribution in [2.75, 3.05) is 6.61 Å². The number of ether oxygens (including phenoxy) is 3. The first-order valence-electron chi connectivity index (χ1n) is 12.8. The second-order valence-electron chi connectivity index (χ2n) is 8.51. The molecule has 0 radical (unpaired) electrons. The maximum Gasteiger partial charge on any atom is 0.387 e. The molecule has 4 nitrogen and oxygen atoms in total. The summed E-state index contributed by atoms with van der Waals surface area (Å²) >= 11 is 0. The van der Waals surface area contributed by atoms with Crippen molar-refractivity contribution in [3.05, 3.63) is 131 Å². The van der Waals surface area contributed by atoms with E-state index in [1.165, 1.54) is 24.3 Å². The number of hydrogen-bond acceptors (Lipinski definition) is 4. The van der Waals surface area contributed by atoms with Gasteiger partial charge in [-0.1, -0.05) is 35.8 Å². The van der Waals surface area contributed by atoms with Crippen LogP contribution in [0, 0.1) is 23.7 Å². The summed E-state index contributed by atoms with van der Waals surface area (Å²) in [4.78, 5) is 0. The Morgan fingerprint density at radius 1 is 0.614 bits per heavy atom. The standard InChI is InChI=1S/C19H14F4O2.C15H10F2O2/c20-18(21)5-2-12-24-17-4-1-3-15(13-17)7-6-14-8-10-16(11-9-14)25-19(22)23;16-15(17)19-14-8-6-11(7-9-14)4-5-12-2-1-3-13(18)10-12/h1,3-5,8-11,13,19H,2,12H2;1-3,6-10,15,18H.